The summed E-state index contributed by atoms with van der Waals surface area (Å²) in [6, 6.07) is 13.2. The van der Waals surface area contributed by atoms with E-state index in [-0.39, 0.29) is 24.3 Å². The molecule has 0 aliphatic heterocycles. The molecule has 3 heterocycles. The third kappa shape index (κ3) is 5.97. The molecule has 0 spiro atoms. The number of aromatic nitrogens is 5. The first kappa shape index (κ1) is 26.8. The van der Waals surface area contributed by atoms with Crippen molar-refractivity contribution in [2.45, 2.75) is 63.7 Å². The van der Waals surface area contributed by atoms with Gasteiger partial charge in [-0.1, -0.05) is 24.3 Å². The number of rotatable bonds is 10. The molecule has 3 aromatic heterocycles. The monoisotopic (exact) mass is 532 g/mol. The lowest BCUT2D eigenvalue weighted by Gasteiger charge is -2.29. The number of hydrogen-bond donors (Lipinski definition) is 3. The van der Waals surface area contributed by atoms with E-state index in [0.717, 1.165) is 65.8 Å². The summed E-state index contributed by atoms with van der Waals surface area (Å²) in [6.07, 6.45) is 5.94. The van der Waals surface area contributed by atoms with E-state index in [1.807, 2.05) is 37.4 Å². The molecule has 0 bridgehead atoms. The fourth-order valence-corrected chi connectivity index (χ4v) is 5.24. The third-order valence-electron chi connectivity index (χ3n) is 7.37. The van der Waals surface area contributed by atoms with Crippen LogP contribution in [0.15, 0.2) is 53.5 Å². The van der Waals surface area contributed by atoms with Crippen molar-refractivity contribution in [3.8, 4) is 17.1 Å². The van der Waals surface area contributed by atoms with E-state index in [2.05, 4.69) is 26.1 Å². The molecular weight excluding hydrogens is 496 g/mol. The molecule has 5 rings (SSSR count). The van der Waals surface area contributed by atoms with Crippen molar-refractivity contribution < 1.29 is 14.9 Å². The summed E-state index contributed by atoms with van der Waals surface area (Å²) < 4.78 is 9.51. The van der Waals surface area contributed by atoms with Gasteiger partial charge in [-0.2, -0.15) is 5.10 Å². The molecule has 1 aromatic carbocycles. The zero-order valence-electron chi connectivity index (χ0n) is 22.5. The summed E-state index contributed by atoms with van der Waals surface area (Å²) in [5.41, 5.74) is 3.53. The number of fused-ring (bicyclic) bond motifs is 1. The van der Waals surface area contributed by atoms with Gasteiger partial charge in [0.2, 0.25) is 5.88 Å². The van der Waals surface area contributed by atoms with Crippen molar-refractivity contribution in [2.75, 3.05) is 18.5 Å². The number of aliphatic hydroxyl groups excluding tert-OH is 2. The molecule has 0 saturated heterocycles. The maximum atomic E-state index is 11.6. The van der Waals surface area contributed by atoms with Gasteiger partial charge in [0, 0.05) is 55.5 Å². The van der Waals surface area contributed by atoms with Gasteiger partial charge in [0.15, 0.2) is 0 Å². The first-order valence-corrected chi connectivity index (χ1v) is 13.7. The van der Waals surface area contributed by atoms with Gasteiger partial charge in [-0.15, -0.1) is 5.10 Å². The standard InChI is InChI=1S/C29H36N6O4/c1-3-30-26-17-24-23(18-31-26)29(20-8-6-19(7-9-20)25(37)5-4-16-36)33-35(24)21-10-12-22(13-11-21)39-27-14-15-28(38)34(2)32-27/h6-9,14-15,17-18,21-22,25,36-37H,3-5,10-13,16H2,1-2H3,(H,30,31). The highest BCUT2D eigenvalue weighted by Crippen LogP contribution is 2.36. The summed E-state index contributed by atoms with van der Waals surface area (Å²) in [5, 5.41) is 33.1. The molecule has 1 aliphatic carbocycles. The average Bonchev–Trinajstić information content (AvgIpc) is 3.33. The number of nitrogens with one attached hydrogen (secondary N) is 1. The molecule has 1 unspecified atom stereocenters. The number of hydrogen-bond acceptors (Lipinski definition) is 8. The number of pyridine rings is 1. The van der Waals surface area contributed by atoms with Crippen molar-refractivity contribution >= 4 is 16.7 Å². The van der Waals surface area contributed by atoms with E-state index >= 15 is 0 Å². The largest absolute Gasteiger partial charge is 0.473 e. The van der Waals surface area contributed by atoms with Crippen LogP contribution in [-0.2, 0) is 7.05 Å². The van der Waals surface area contributed by atoms with E-state index in [4.69, 9.17) is 14.9 Å². The first-order chi connectivity index (χ1) is 19.0. The van der Waals surface area contributed by atoms with Gasteiger partial charge < -0.3 is 20.3 Å². The van der Waals surface area contributed by atoms with Crippen LogP contribution >= 0.6 is 0 Å². The van der Waals surface area contributed by atoms with Crippen LogP contribution in [0, 0.1) is 0 Å². The molecule has 10 nitrogen and oxygen atoms in total. The normalized spacial score (nSPS) is 18.3. The topological polar surface area (TPSA) is 127 Å². The predicted octanol–water partition coefficient (Wildman–Crippen LogP) is 3.99. The van der Waals surface area contributed by atoms with Crippen LogP contribution in [-0.4, -0.2) is 54.0 Å². The van der Waals surface area contributed by atoms with Gasteiger partial charge in [-0.05, 0) is 51.0 Å². The van der Waals surface area contributed by atoms with Gasteiger partial charge in [0.1, 0.15) is 17.6 Å². The Hall–Kier alpha value is -3.76. The molecule has 4 aromatic rings. The first-order valence-electron chi connectivity index (χ1n) is 13.7. The molecule has 1 fully saturated rings. The zero-order chi connectivity index (χ0) is 27.4. The Bertz CT molecular complexity index is 1460. The van der Waals surface area contributed by atoms with Crippen LogP contribution in [0.1, 0.15) is 63.2 Å². The van der Waals surface area contributed by atoms with Crippen molar-refractivity contribution in [3.63, 3.8) is 0 Å². The molecule has 1 saturated carbocycles. The van der Waals surface area contributed by atoms with E-state index in [1.54, 1.807) is 13.1 Å². The Labute approximate surface area is 227 Å². The predicted molar refractivity (Wildman–Crippen MR) is 150 cm³/mol. The Balaban J connectivity index is 1.38. The number of ether oxygens (including phenoxy) is 1. The Morgan fingerprint density at radius 3 is 2.56 bits per heavy atom. The summed E-state index contributed by atoms with van der Waals surface area (Å²) in [5.74, 6) is 1.29. The number of anilines is 1. The molecule has 0 radical (unpaired) electrons. The molecule has 206 valence electrons. The molecule has 3 N–H and O–H groups in total. The summed E-state index contributed by atoms with van der Waals surface area (Å²) in [4.78, 5) is 16.2. The second-order valence-corrected chi connectivity index (χ2v) is 10.1. The minimum Gasteiger partial charge on any atom is -0.473 e. The highest BCUT2D eigenvalue weighted by Gasteiger charge is 2.27. The maximum absolute atomic E-state index is 11.6. The van der Waals surface area contributed by atoms with Gasteiger partial charge in [-0.3, -0.25) is 9.48 Å². The Morgan fingerprint density at radius 1 is 1.10 bits per heavy atom. The summed E-state index contributed by atoms with van der Waals surface area (Å²) in [6.45, 7) is 2.89. The zero-order valence-corrected chi connectivity index (χ0v) is 22.5. The van der Waals surface area contributed by atoms with Gasteiger partial charge >= 0.3 is 0 Å². The molecule has 1 atom stereocenters. The highest BCUT2D eigenvalue weighted by molar-refractivity contribution is 5.94. The molecule has 39 heavy (non-hydrogen) atoms. The Morgan fingerprint density at radius 2 is 1.87 bits per heavy atom. The van der Waals surface area contributed by atoms with E-state index in [0.29, 0.717) is 18.7 Å². The van der Waals surface area contributed by atoms with E-state index in [9.17, 15) is 9.90 Å². The summed E-state index contributed by atoms with van der Waals surface area (Å²) in [7, 11) is 1.62. The van der Waals surface area contributed by atoms with Crippen LogP contribution < -0.4 is 15.6 Å². The van der Waals surface area contributed by atoms with Crippen molar-refractivity contribution in [1.29, 1.82) is 0 Å². The van der Waals surface area contributed by atoms with Gasteiger partial charge in [-0.25, -0.2) is 9.67 Å². The van der Waals surface area contributed by atoms with Crippen LogP contribution in [0.3, 0.4) is 0 Å². The lowest BCUT2D eigenvalue weighted by Crippen LogP contribution is -2.27. The van der Waals surface area contributed by atoms with Gasteiger partial charge in [0.05, 0.1) is 17.7 Å². The fraction of sp³-hybridized carbons (Fsp3) is 0.448. The number of aliphatic hydroxyl groups is 2. The fourth-order valence-electron chi connectivity index (χ4n) is 5.24. The Kier molecular flexibility index (Phi) is 8.23. The SMILES string of the molecule is CCNc1cc2c(cn1)c(-c1ccc(C(O)CCCO)cc1)nn2C1CCC(Oc2ccc(=O)n(C)n2)CC1. The van der Waals surface area contributed by atoms with E-state index < -0.39 is 6.10 Å². The maximum Gasteiger partial charge on any atom is 0.266 e. The van der Waals surface area contributed by atoms with Crippen molar-refractivity contribution in [3.05, 3.63) is 64.6 Å². The second kappa shape index (κ2) is 12.0. The smallest absolute Gasteiger partial charge is 0.266 e. The van der Waals surface area contributed by atoms with Crippen LogP contribution in [0.4, 0.5) is 5.82 Å². The number of nitrogens with zero attached hydrogens (tertiary/aromatic N) is 5. The molecule has 1 aliphatic rings. The number of aryl methyl sites for hydroxylation is 1. The third-order valence-corrected chi connectivity index (χ3v) is 7.37. The molecule has 10 heteroatoms. The highest BCUT2D eigenvalue weighted by atomic mass is 16.5. The molecular formula is C29H36N6O4. The van der Waals surface area contributed by atoms with Gasteiger partial charge in [0.25, 0.3) is 5.56 Å². The van der Waals surface area contributed by atoms with Crippen molar-refractivity contribution in [1.82, 2.24) is 24.5 Å². The average molecular weight is 533 g/mol. The second-order valence-electron chi connectivity index (χ2n) is 10.1. The van der Waals surface area contributed by atoms with Crippen LogP contribution in [0.2, 0.25) is 0 Å². The van der Waals surface area contributed by atoms with Crippen LogP contribution in [0.25, 0.3) is 22.2 Å². The quantitative estimate of drug-likeness (QED) is 0.280. The molecule has 0 amide bonds. The minimum atomic E-state index is -0.599. The minimum absolute atomic E-state index is 0.0383. The van der Waals surface area contributed by atoms with E-state index in [1.165, 1.54) is 10.7 Å². The lowest BCUT2D eigenvalue weighted by molar-refractivity contribution is 0.123. The lowest BCUT2D eigenvalue weighted by atomic mass is 9.93. The van der Waals surface area contributed by atoms with Crippen molar-refractivity contribution in [2.24, 2.45) is 7.05 Å². The number of benzene rings is 1. The summed E-state index contributed by atoms with van der Waals surface area (Å²) >= 11 is 0. The van der Waals surface area contributed by atoms with Crippen LogP contribution in [0.5, 0.6) is 5.88 Å².